The van der Waals surface area contributed by atoms with E-state index >= 15 is 0 Å². The summed E-state index contributed by atoms with van der Waals surface area (Å²) in [5.41, 5.74) is 3.89. The number of fused-ring (bicyclic) bond motifs is 1. The van der Waals surface area contributed by atoms with Crippen LogP contribution in [0.1, 0.15) is 23.1 Å². The number of hydrogen-bond acceptors (Lipinski definition) is 3. The van der Waals surface area contributed by atoms with Crippen molar-refractivity contribution in [2.45, 2.75) is 19.3 Å². The molecule has 3 nitrogen and oxygen atoms in total. The van der Waals surface area contributed by atoms with Gasteiger partial charge in [-0.2, -0.15) is 5.26 Å². The maximum atomic E-state index is 9.41. The van der Waals surface area contributed by atoms with Crippen LogP contribution < -0.4 is 9.47 Å². The van der Waals surface area contributed by atoms with E-state index in [0.29, 0.717) is 12.2 Å². The third-order valence-electron chi connectivity index (χ3n) is 4.08. The van der Waals surface area contributed by atoms with Crippen molar-refractivity contribution in [2.75, 3.05) is 13.7 Å². The summed E-state index contributed by atoms with van der Waals surface area (Å²) in [5.74, 6) is 1.60. The molecule has 3 rings (SSSR count). The van der Waals surface area contributed by atoms with Gasteiger partial charge >= 0.3 is 0 Å². The second-order valence-electron chi connectivity index (χ2n) is 5.47. The van der Waals surface area contributed by atoms with Gasteiger partial charge < -0.3 is 9.47 Å². The minimum atomic E-state index is 0.585. The van der Waals surface area contributed by atoms with E-state index in [0.717, 1.165) is 41.9 Å². The first-order valence-corrected chi connectivity index (χ1v) is 7.80. The monoisotopic (exact) mass is 305 g/mol. The smallest absolute Gasteiger partial charge is 0.128 e. The number of methoxy groups -OCH3 is 1. The van der Waals surface area contributed by atoms with Gasteiger partial charge in [-0.1, -0.05) is 36.4 Å². The van der Waals surface area contributed by atoms with Crippen LogP contribution in [0.15, 0.2) is 48.5 Å². The average molecular weight is 305 g/mol. The maximum Gasteiger partial charge on any atom is 0.128 e. The number of rotatable bonds is 5. The highest BCUT2D eigenvalue weighted by atomic mass is 16.5. The molecule has 0 N–H and O–H groups in total. The van der Waals surface area contributed by atoms with Crippen molar-refractivity contribution in [1.29, 1.82) is 5.26 Å². The second-order valence-corrected chi connectivity index (χ2v) is 5.47. The van der Waals surface area contributed by atoms with Crippen LogP contribution in [0.2, 0.25) is 0 Å². The van der Waals surface area contributed by atoms with Gasteiger partial charge in [0.15, 0.2) is 0 Å². The molecule has 0 fully saturated rings. The Hall–Kier alpha value is -2.73. The zero-order valence-electron chi connectivity index (χ0n) is 13.2. The lowest BCUT2D eigenvalue weighted by Gasteiger charge is -2.20. The van der Waals surface area contributed by atoms with Gasteiger partial charge in [0.1, 0.15) is 11.5 Å². The lowest BCUT2D eigenvalue weighted by Crippen LogP contribution is -2.08. The summed E-state index contributed by atoms with van der Waals surface area (Å²) in [4.78, 5) is 0. The summed E-state index contributed by atoms with van der Waals surface area (Å²) in [6.07, 6.45) is 4.55. The first kappa shape index (κ1) is 15.2. The minimum absolute atomic E-state index is 0.585. The molecule has 0 saturated heterocycles. The van der Waals surface area contributed by atoms with Crippen LogP contribution in [-0.2, 0) is 12.8 Å². The highest BCUT2D eigenvalue weighted by molar-refractivity contribution is 5.84. The molecular formula is C20H19NO2. The van der Waals surface area contributed by atoms with Crippen molar-refractivity contribution in [3.05, 3.63) is 65.2 Å². The van der Waals surface area contributed by atoms with Gasteiger partial charge in [0, 0.05) is 17.5 Å². The molecular weight excluding hydrogens is 286 g/mol. The molecule has 23 heavy (non-hydrogen) atoms. The molecule has 3 heteroatoms. The molecule has 1 aliphatic carbocycles. The average Bonchev–Trinajstić information content (AvgIpc) is 2.62. The van der Waals surface area contributed by atoms with Crippen molar-refractivity contribution >= 4 is 5.57 Å². The number of hydrogen-bond donors (Lipinski definition) is 0. The molecule has 2 aromatic rings. The topological polar surface area (TPSA) is 42.2 Å². The molecule has 0 aliphatic heterocycles. The Labute approximate surface area is 136 Å². The molecule has 1 aliphatic rings. The highest BCUT2D eigenvalue weighted by Gasteiger charge is 2.21. The Bertz CT molecular complexity index is 757. The minimum Gasteiger partial charge on any atom is -0.496 e. The van der Waals surface area contributed by atoms with Gasteiger partial charge in [0.05, 0.1) is 25.4 Å². The van der Waals surface area contributed by atoms with Gasteiger partial charge in [-0.3, -0.25) is 0 Å². The predicted molar refractivity (Wildman–Crippen MR) is 90.5 cm³/mol. The van der Waals surface area contributed by atoms with E-state index in [9.17, 15) is 5.26 Å². The van der Waals surface area contributed by atoms with Crippen molar-refractivity contribution in [3.8, 4) is 17.6 Å². The van der Waals surface area contributed by atoms with E-state index in [-0.39, 0.29) is 0 Å². The van der Waals surface area contributed by atoms with Crippen LogP contribution in [0.4, 0.5) is 0 Å². The van der Waals surface area contributed by atoms with Crippen LogP contribution in [0.3, 0.4) is 0 Å². The van der Waals surface area contributed by atoms with E-state index in [1.807, 2.05) is 36.4 Å². The van der Waals surface area contributed by atoms with Crippen molar-refractivity contribution in [2.24, 2.45) is 0 Å². The largest absolute Gasteiger partial charge is 0.496 e. The number of benzene rings is 2. The molecule has 2 aromatic carbocycles. The van der Waals surface area contributed by atoms with Crippen LogP contribution in [-0.4, -0.2) is 13.7 Å². The van der Waals surface area contributed by atoms with E-state index in [4.69, 9.17) is 9.47 Å². The maximum absolute atomic E-state index is 9.41. The summed E-state index contributed by atoms with van der Waals surface area (Å²) >= 11 is 0. The first-order valence-electron chi connectivity index (χ1n) is 7.80. The molecule has 0 heterocycles. The summed E-state index contributed by atoms with van der Waals surface area (Å²) in [5, 5.41) is 9.41. The fourth-order valence-electron chi connectivity index (χ4n) is 2.95. The Morgan fingerprint density at radius 1 is 1.09 bits per heavy atom. The van der Waals surface area contributed by atoms with Crippen molar-refractivity contribution in [3.63, 3.8) is 0 Å². The Balaban J connectivity index is 1.83. The van der Waals surface area contributed by atoms with Crippen molar-refractivity contribution < 1.29 is 9.47 Å². The van der Waals surface area contributed by atoms with Gasteiger partial charge in [0.25, 0.3) is 0 Å². The van der Waals surface area contributed by atoms with Gasteiger partial charge in [-0.15, -0.1) is 0 Å². The standard InChI is InChI=1S/C20H19NO2/c1-22-18-10-11-19(20-16(14-21)8-5-9-17(18)20)23-13-12-15-6-3-2-4-7-15/h2-4,6-8,10-11H,5,9,12-13H2,1H3. The quantitative estimate of drug-likeness (QED) is 0.832. The first-order chi connectivity index (χ1) is 11.3. The SMILES string of the molecule is COc1ccc(OCCc2ccccc2)c2c1CCC=C2C#N. The lowest BCUT2D eigenvalue weighted by atomic mass is 9.90. The number of nitriles is 1. The lowest BCUT2D eigenvalue weighted by molar-refractivity contribution is 0.319. The van der Waals surface area contributed by atoms with Crippen LogP contribution in [0, 0.1) is 11.3 Å². The zero-order chi connectivity index (χ0) is 16.1. The fourth-order valence-corrected chi connectivity index (χ4v) is 2.95. The predicted octanol–water partition coefficient (Wildman–Crippen LogP) is 4.17. The Morgan fingerprint density at radius 2 is 1.87 bits per heavy atom. The summed E-state index contributed by atoms with van der Waals surface area (Å²) < 4.78 is 11.4. The van der Waals surface area contributed by atoms with Crippen molar-refractivity contribution in [1.82, 2.24) is 0 Å². The molecule has 0 amide bonds. The molecule has 0 saturated carbocycles. The summed E-state index contributed by atoms with van der Waals surface area (Å²) in [6, 6.07) is 16.4. The van der Waals surface area contributed by atoms with E-state index in [1.165, 1.54) is 5.56 Å². The molecule has 0 atom stereocenters. The van der Waals surface area contributed by atoms with Gasteiger partial charge in [0.2, 0.25) is 0 Å². The van der Waals surface area contributed by atoms with Crippen LogP contribution in [0.5, 0.6) is 11.5 Å². The molecule has 116 valence electrons. The van der Waals surface area contributed by atoms with Crippen LogP contribution >= 0.6 is 0 Å². The molecule has 0 aromatic heterocycles. The summed E-state index contributed by atoms with van der Waals surface area (Å²) in [6.45, 7) is 0.585. The molecule has 0 unspecified atom stereocenters. The fraction of sp³-hybridized carbons (Fsp3) is 0.250. The molecule has 0 spiro atoms. The zero-order valence-corrected chi connectivity index (χ0v) is 13.2. The van der Waals surface area contributed by atoms with E-state index in [2.05, 4.69) is 18.2 Å². The number of ether oxygens (including phenoxy) is 2. The van der Waals surface area contributed by atoms with E-state index < -0.39 is 0 Å². The Morgan fingerprint density at radius 3 is 2.61 bits per heavy atom. The van der Waals surface area contributed by atoms with Gasteiger partial charge in [-0.25, -0.2) is 0 Å². The third-order valence-corrected chi connectivity index (χ3v) is 4.08. The highest BCUT2D eigenvalue weighted by Crippen LogP contribution is 2.39. The van der Waals surface area contributed by atoms with E-state index in [1.54, 1.807) is 7.11 Å². The third kappa shape index (κ3) is 3.22. The Kier molecular flexibility index (Phi) is 4.63. The molecule has 0 radical (unpaired) electrons. The normalized spacial score (nSPS) is 12.8. The number of allylic oxidation sites excluding steroid dienone is 2. The van der Waals surface area contributed by atoms with Crippen LogP contribution in [0.25, 0.3) is 5.57 Å². The number of nitrogens with zero attached hydrogens (tertiary/aromatic N) is 1. The molecule has 0 bridgehead atoms. The van der Waals surface area contributed by atoms with Gasteiger partial charge in [-0.05, 0) is 30.5 Å². The second kappa shape index (κ2) is 7.02. The summed E-state index contributed by atoms with van der Waals surface area (Å²) in [7, 11) is 1.66.